The Morgan fingerprint density at radius 3 is 2.46 bits per heavy atom. The summed E-state index contributed by atoms with van der Waals surface area (Å²) in [5.74, 6) is 0.0640. The van der Waals surface area contributed by atoms with Gasteiger partial charge < -0.3 is 0 Å². The van der Waals surface area contributed by atoms with Gasteiger partial charge in [-0.05, 0) is 12.1 Å². The topological polar surface area (TPSA) is 150 Å². The third-order valence-electron chi connectivity index (χ3n) is 4.92. The third-order valence-corrected chi connectivity index (χ3v) is 15.0. The first-order chi connectivity index (χ1) is 18.7. The van der Waals surface area contributed by atoms with Gasteiger partial charge in [-0.15, -0.1) is 0 Å². The molecule has 0 amide bonds. The minimum atomic E-state index is -3.81. The average Bonchev–Trinajstić information content (AvgIpc) is 3.22. The Balaban J connectivity index is 1.51. The van der Waals surface area contributed by atoms with E-state index in [4.69, 9.17) is 8.10 Å². The van der Waals surface area contributed by atoms with Gasteiger partial charge in [-0.25, -0.2) is 4.98 Å². The molecule has 0 unspecified atom stereocenters. The van der Waals surface area contributed by atoms with Crippen LogP contribution in [0.3, 0.4) is 0 Å². The second-order valence-corrected chi connectivity index (χ2v) is 16.3. The van der Waals surface area contributed by atoms with Gasteiger partial charge in [-0.2, -0.15) is 0 Å². The Hall–Kier alpha value is -3.09. The van der Waals surface area contributed by atoms with Crippen LogP contribution in [0.1, 0.15) is 13.8 Å². The minimum absolute atomic E-state index is 0.0557. The monoisotopic (exact) mass is 775 g/mol. The molecule has 2 heterocycles. The predicted molar refractivity (Wildman–Crippen MR) is 155 cm³/mol. The maximum atomic E-state index is 12.6. The fourth-order valence-electron chi connectivity index (χ4n) is 3.18. The summed E-state index contributed by atoms with van der Waals surface area (Å²) in [6.07, 6.45) is 1.50. The number of hydrogen-bond donors (Lipinski definition) is 2. The fourth-order valence-corrected chi connectivity index (χ4v) is 11.7. The molecule has 198 valence electrons. The van der Waals surface area contributed by atoms with E-state index in [1.165, 1.54) is 45.7 Å². The Labute approximate surface area is 245 Å². The van der Waals surface area contributed by atoms with E-state index in [1.54, 1.807) is 23.2 Å². The maximum absolute atomic E-state index is 12.6. The van der Waals surface area contributed by atoms with Crippen LogP contribution >= 0.6 is 20.3 Å². The van der Waals surface area contributed by atoms with Crippen molar-refractivity contribution in [2.75, 3.05) is 9.73 Å². The summed E-state index contributed by atoms with van der Waals surface area (Å²) in [5.41, 5.74) is 2.42. The molecule has 11 nitrogen and oxygen atoms in total. The molecule has 2 radical (unpaired) electrons. The molecule has 15 heteroatoms. The van der Waals surface area contributed by atoms with Gasteiger partial charge in [0.25, 0.3) is 0 Å². The van der Waals surface area contributed by atoms with Crippen LogP contribution in [0.25, 0.3) is 0 Å². The fraction of sp³-hybridized carbons (Fsp3) is 0.0833. The molecule has 1 aromatic heterocycles. The van der Waals surface area contributed by atoms with E-state index < -0.39 is 33.2 Å². The summed E-state index contributed by atoms with van der Waals surface area (Å²) >= 11 is -0.836. The quantitative estimate of drug-likeness (QED) is 0.155. The molecule has 2 aromatic carbocycles. The van der Waals surface area contributed by atoms with Gasteiger partial charge in [-0.1, -0.05) is 6.07 Å². The number of sulfonamides is 1. The molecule has 1 aliphatic rings. The molecule has 3 aromatic rings. The van der Waals surface area contributed by atoms with E-state index in [0.29, 0.717) is 21.2 Å². The zero-order valence-electron chi connectivity index (χ0n) is 20.6. The Morgan fingerprint density at radius 1 is 1.08 bits per heavy atom. The van der Waals surface area contributed by atoms with Crippen LogP contribution < -0.4 is 9.73 Å². The molecule has 0 aliphatic carbocycles. The molecule has 2 N–H and O–H groups in total. The van der Waals surface area contributed by atoms with Gasteiger partial charge in [0, 0.05) is 6.20 Å². The van der Waals surface area contributed by atoms with Crippen molar-refractivity contribution in [3.05, 3.63) is 88.8 Å². The Morgan fingerprint density at radius 2 is 1.79 bits per heavy atom. The molecular weight excluding hydrogens is 754 g/mol. The number of nitrogens with one attached hydrogen (secondary N) is 2. The van der Waals surface area contributed by atoms with Gasteiger partial charge in [0.15, 0.2) is 0 Å². The number of benzene rings is 2. The molecule has 39 heavy (non-hydrogen) atoms. The molecule has 1 aliphatic heterocycles. The van der Waals surface area contributed by atoms with E-state index in [2.05, 4.69) is 24.4 Å². The van der Waals surface area contributed by atoms with Crippen molar-refractivity contribution in [2.24, 2.45) is 14.7 Å². The van der Waals surface area contributed by atoms with Crippen LogP contribution in [0.15, 0.2) is 108 Å². The van der Waals surface area contributed by atoms with Crippen molar-refractivity contribution in [1.29, 1.82) is 5.41 Å². The number of amidine groups is 1. The summed E-state index contributed by atoms with van der Waals surface area (Å²) in [5, 5.41) is 19.0. The molecule has 0 atom stereocenters. The number of rotatable bonds is 10. The standard InChI is InChI=1S/C22H19N7O2S3.C2H4O2.Pb/c1-15-20(21(23)29(26-15)17-7-3-2-4-8-17)22(32)33-28-25-16-10-12-18(13-11-16)34(30,31)27-19-9-5-6-14-24-19;1-2(3)4;/h2-14,23,32H,1H3,(H,24,27);1H3,(H,3,4);/q;;+2/p-2/b22-20-,23-21?,28-25?;;. The average molecular weight is 775 g/mol. The van der Waals surface area contributed by atoms with Crippen LogP contribution in [-0.2, 0) is 17.5 Å². The summed E-state index contributed by atoms with van der Waals surface area (Å²) < 4.78 is 37.8. The number of hydrogen-bond acceptors (Lipinski definition) is 11. The molecular formula is C24H21N7O4PbS3. The number of pyridine rings is 1. The third kappa shape index (κ3) is 7.74. The first kappa shape index (κ1) is 28.9. The van der Waals surface area contributed by atoms with Gasteiger partial charge >= 0.3 is 217 Å². The van der Waals surface area contributed by atoms with Crippen molar-refractivity contribution in [3.63, 3.8) is 0 Å². The molecule has 0 bridgehead atoms. The molecule has 0 saturated heterocycles. The zero-order valence-corrected chi connectivity index (χ0v) is 26.9. The summed E-state index contributed by atoms with van der Waals surface area (Å²) in [6, 6.07) is 20.2. The van der Waals surface area contributed by atoms with Crippen LogP contribution in [0, 0.1) is 5.41 Å². The van der Waals surface area contributed by atoms with Crippen LogP contribution in [0.4, 0.5) is 17.2 Å². The number of nitrogens with zero attached hydrogens (tertiary/aromatic N) is 5. The van der Waals surface area contributed by atoms with Crippen molar-refractivity contribution in [3.8, 4) is 0 Å². The molecule has 0 spiro atoms. The van der Waals surface area contributed by atoms with Gasteiger partial charge in [0.05, 0.1) is 0 Å². The SMILES string of the molecule is CC(=O)[O][Pb][S]/C(SN=Nc1ccc(S(=O)(=O)Nc2ccccn2)cc1)=C1/C(=N)N(c2ccccc2)N=C1C. The number of carbonyl (C=O) groups is 1. The van der Waals surface area contributed by atoms with Crippen LogP contribution in [0.5, 0.6) is 0 Å². The summed E-state index contributed by atoms with van der Waals surface area (Å²) in [7, 11) is -2.42. The molecule has 0 saturated carbocycles. The Kier molecular flexibility index (Phi) is 9.87. The van der Waals surface area contributed by atoms with E-state index in [-0.39, 0.29) is 22.5 Å². The molecule has 4 rings (SSSR count). The van der Waals surface area contributed by atoms with Crippen LogP contribution in [0.2, 0.25) is 0 Å². The Bertz CT molecular complexity index is 1550. The van der Waals surface area contributed by atoms with Crippen LogP contribution in [-0.4, -0.2) is 54.1 Å². The van der Waals surface area contributed by atoms with Gasteiger partial charge in [-0.3, -0.25) is 0 Å². The zero-order chi connectivity index (χ0) is 27.8. The van der Waals surface area contributed by atoms with Crippen molar-refractivity contribution < 1.29 is 15.9 Å². The first-order valence-electron chi connectivity index (χ1n) is 11.2. The van der Waals surface area contributed by atoms with Crippen molar-refractivity contribution in [2.45, 2.75) is 18.7 Å². The first-order valence-corrected chi connectivity index (χ1v) is 20.6. The van der Waals surface area contributed by atoms with E-state index in [9.17, 15) is 13.2 Å². The second kappa shape index (κ2) is 13.3. The van der Waals surface area contributed by atoms with Crippen molar-refractivity contribution in [1.82, 2.24) is 4.98 Å². The second-order valence-electron chi connectivity index (χ2n) is 7.71. The number of anilines is 2. The number of aromatic nitrogens is 1. The number of para-hydroxylation sites is 1. The van der Waals surface area contributed by atoms with Gasteiger partial charge in [0.2, 0.25) is 0 Å². The summed E-state index contributed by atoms with van der Waals surface area (Å²) in [6.45, 7) is 3.17. The summed E-state index contributed by atoms with van der Waals surface area (Å²) in [4.78, 5) is 15.4. The van der Waals surface area contributed by atoms with E-state index in [1.807, 2.05) is 37.3 Å². The normalized spacial score (nSPS) is 14.9. The number of carbonyl (C=O) groups excluding carboxylic acids is 1. The molecule has 0 fully saturated rings. The van der Waals surface area contributed by atoms with Crippen molar-refractivity contribution >= 4 is 88.2 Å². The predicted octanol–water partition coefficient (Wildman–Crippen LogP) is 5.53. The van der Waals surface area contributed by atoms with E-state index >= 15 is 0 Å². The number of hydrazone groups is 1. The van der Waals surface area contributed by atoms with Gasteiger partial charge in [0.1, 0.15) is 0 Å². The van der Waals surface area contributed by atoms with E-state index in [0.717, 1.165) is 17.6 Å².